The van der Waals surface area contributed by atoms with E-state index in [2.05, 4.69) is 6.07 Å². The maximum absolute atomic E-state index is 12.5. The molecular formula is C20H23N3O5S. The molecule has 0 fully saturated rings. The van der Waals surface area contributed by atoms with E-state index in [1.165, 1.54) is 23.0 Å². The molecule has 0 aliphatic heterocycles. The Morgan fingerprint density at radius 1 is 1.24 bits per heavy atom. The minimum absolute atomic E-state index is 0.0107. The van der Waals surface area contributed by atoms with Gasteiger partial charge in [0.05, 0.1) is 6.07 Å². The fourth-order valence-corrected chi connectivity index (χ4v) is 3.70. The van der Waals surface area contributed by atoms with Gasteiger partial charge in [0.1, 0.15) is 0 Å². The molecule has 2 N–H and O–H groups in total. The van der Waals surface area contributed by atoms with Crippen molar-refractivity contribution in [2.24, 2.45) is 0 Å². The zero-order valence-electron chi connectivity index (χ0n) is 16.3. The first-order valence-electron chi connectivity index (χ1n) is 8.93. The van der Waals surface area contributed by atoms with Gasteiger partial charge in [0.2, 0.25) is 0 Å². The molecule has 0 bridgehead atoms. The maximum atomic E-state index is 12.5. The highest BCUT2D eigenvalue weighted by Gasteiger charge is 2.43. The van der Waals surface area contributed by atoms with Crippen LogP contribution < -0.4 is 11.0 Å². The van der Waals surface area contributed by atoms with Gasteiger partial charge in [-0.05, 0) is 42.5 Å². The third-order valence-electron chi connectivity index (χ3n) is 5.04. The van der Waals surface area contributed by atoms with Gasteiger partial charge >= 0.3 is 0 Å². The highest BCUT2D eigenvalue weighted by atomic mass is 32.2. The molecule has 0 aliphatic rings. The summed E-state index contributed by atoms with van der Waals surface area (Å²) in [7, 11) is -3.83. The lowest BCUT2D eigenvalue weighted by Gasteiger charge is -2.25. The minimum Gasteiger partial charge on any atom is -0.315 e. The average Bonchev–Trinajstić information content (AvgIpc) is 2.69. The van der Waals surface area contributed by atoms with Crippen LogP contribution in [0.5, 0.6) is 0 Å². The van der Waals surface area contributed by atoms with Crippen molar-refractivity contribution in [1.82, 2.24) is 10.0 Å². The first-order chi connectivity index (χ1) is 13.6. The van der Waals surface area contributed by atoms with Gasteiger partial charge in [-0.2, -0.15) is 5.26 Å². The number of nitrogens with zero attached hydrogens (tertiary/aromatic N) is 2. The van der Waals surface area contributed by atoms with Gasteiger partial charge in [-0.25, -0.2) is 13.9 Å². The van der Waals surface area contributed by atoms with Gasteiger partial charge in [-0.15, -0.1) is 0 Å². The normalized spacial score (nSPS) is 13.3. The van der Waals surface area contributed by atoms with Gasteiger partial charge < -0.3 is 4.57 Å². The highest BCUT2D eigenvalue weighted by Crippen LogP contribution is 2.23. The number of aryl methyl sites for hydroxylation is 2. The molecule has 2 aromatic rings. The third kappa shape index (κ3) is 5.10. The molecule has 2 rings (SSSR count). The number of aromatic nitrogens is 1. The average molecular weight is 417 g/mol. The predicted octanol–water partition coefficient (Wildman–Crippen LogP) is 1.67. The first-order valence-corrected chi connectivity index (χ1v) is 10.8. The van der Waals surface area contributed by atoms with Crippen molar-refractivity contribution in [3.05, 3.63) is 58.5 Å². The summed E-state index contributed by atoms with van der Waals surface area (Å²) in [6, 6.07) is 12.8. The number of amides is 1. The molecule has 0 unspecified atom stereocenters. The van der Waals surface area contributed by atoms with E-state index in [-0.39, 0.29) is 18.5 Å². The van der Waals surface area contributed by atoms with E-state index < -0.39 is 20.5 Å². The molecule has 0 saturated carbocycles. The van der Waals surface area contributed by atoms with Gasteiger partial charge in [0.25, 0.3) is 11.5 Å². The number of hydrogen-bond acceptors (Lipinski definition) is 6. The van der Waals surface area contributed by atoms with Crippen LogP contribution >= 0.6 is 0 Å². The fourth-order valence-electron chi connectivity index (χ4n) is 2.86. The van der Waals surface area contributed by atoms with Crippen molar-refractivity contribution in [3.63, 3.8) is 0 Å². The SMILES string of the molecule is C[C@@](CCn1ccc(-c2ccc(CCC#N)cc2)cc1=O)(C(=O)NO)S(C)(=O)=O. The second-order valence-corrected chi connectivity index (χ2v) is 9.44. The van der Waals surface area contributed by atoms with Crippen molar-refractivity contribution in [3.8, 4) is 17.2 Å². The molecule has 1 aromatic carbocycles. The summed E-state index contributed by atoms with van der Waals surface area (Å²) in [4.78, 5) is 24.3. The number of carbonyl (C=O) groups excluding carboxylic acids is 1. The lowest BCUT2D eigenvalue weighted by Crippen LogP contribution is -2.49. The largest absolute Gasteiger partial charge is 0.315 e. The van der Waals surface area contributed by atoms with Crippen molar-refractivity contribution < 1.29 is 18.4 Å². The zero-order valence-corrected chi connectivity index (χ0v) is 17.1. The molecule has 0 aliphatic carbocycles. The van der Waals surface area contributed by atoms with E-state index in [1.54, 1.807) is 12.3 Å². The molecule has 0 saturated heterocycles. The quantitative estimate of drug-likeness (QED) is 0.496. The second kappa shape index (κ2) is 9.03. The van der Waals surface area contributed by atoms with Gasteiger partial charge in [-0.3, -0.25) is 14.8 Å². The Labute approximate surface area is 169 Å². The van der Waals surface area contributed by atoms with Gasteiger partial charge in [-0.1, -0.05) is 24.3 Å². The van der Waals surface area contributed by atoms with Crippen LogP contribution in [0.4, 0.5) is 0 Å². The lowest BCUT2D eigenvalue weighted by atomic mass is 10.0. The third-order valence-corrected chi connectivity index (χ3v) is 7.07. The van der Waals surface area contributed by atoms with Crippen LogP contribution in [0.2, 0.25) is 0 Å². The zero-order chi connectivity index (χ0) is 21.7. The van der Waals surface area contributed by atoms with Crippen LogP contribution in [0.25, 0.3) is 11.1 Å². The molecule has 8 nitrogen and oxygen atoms in total. The Bertz CT molecular complexity index is 1080. The Morgan fingerprint density at radius 2 is 1.90 bits per heavy atom. The van der Waals surface area contributed by atoms with Crippen LogP contribution in [0.3, 0.4) is 0 Å². The monoisotopic (exact) mass is 417 g/mol. The summed E-state index contributed by atoms with van der Waals surface area (Å²) < 4.78 is 23.5. The molecule has 1 amide bonds. The van der Waals surface area contributed by atoms with Gasteiger partial charge in [0, 0.05) is 31.5 Å². The Balaban J connectivity index is 2.20. The number of hydroxylamine groups is 1. The van der Waals surface area contributed by atoms with Crippen LogP contribution in [-0.4, -0.2) is 35.1 Å². The van der Waals surface area contributed by atoms with Gasteiger partial charge in [0.15, 0.2) is 14.6 Å². The van der Waals surface area contributed by atoms with E-state index in [9.17, 15) is 18.0 Å². The summed E-state index contributed by atoms with van der Waals surface area (Å²) in [5, 5.41) is 17.5. The summed E-state index contributed by atoms with van der Waals surface area (Å²) in [6.07, 6.45) is 3.38. The summed E-state index contributed by atoms with van der Waals surface area (Å²) in [6.45, 7) is 1.20. The van der Waals surface area contributed by atoms with E-state index in [4.69, 9.17) is 10.5 Å². The van der Waals surface area contributed by atoms with Crippen molar-refractivity contribution in [2.75, 3.05) is 6.26 Å². The maximum Gasteiger partial charge on any atom is 0.264 e. The summed E-state index contributed by atoms with van der Waals surface area (Å²) >= 11 is 0. The van der Waals surface area contributed by atoms with Crippen LogP contribution in [0.1, 0.15) is 25.3 Å². The van der Waals surface area contributed by atoms with E-state index >= 15 is 0 Å². The molecule has 29 heavy (non-hydrogen) atoms. The smallest absolute Gasteiger partial charge is 0.264 e. The number of nitriles is 1. The summed E-state index contributed by atoms with van der Waals surface area (Å²) in [5.74, 6) is -1.04. The minimum atomic E-state index is -3.83. The summed E-state index contributed by atoms with van der Waals surface area (Å²) in [5.41, 5.74) is 3.63. The van der Waals surface area contributed by atoms with Crippen molar-refractivity contribution in [2.45, 2.75) is 37.5 Å². The first kappa shape index (κ1) is 22.3. The number of pyridine rings is 1. The molecule has 0 spiro atoms. The van der Waals surface area contributed by atoms with E-state index in [0.717, 1.165) is 17.4 Å². The molecule has 1 atom stereocenters. The molecule has 154 valence electrons. The standard InChI is InChI=1S/C20H23N3O5S/c1-20(19(25)22-26,29(2,27)28)10-13-23-12-9-17(14-18(23)24)16-7-5-15(6-8-16)4-3-11-21/h5-9,12,14,26H,3-4,10,13H2,1-2H3,(H,22,25)/t20-/m1/s1. The van der Waals surface area contributed by atoms with E-state index in [1.807, 2.05) is 24.3 Å². The number of carbonyl (C=O) groups is 1. The second-order valence-electron chi connectivity index (χ2n) is 7.00. The topological polar surface area (TPSA) is 129 Å². The molecular weight excluding hydrogens is 394 g/mol. The Morgan fingerprint density at radius 3 is 2.41 bits per heavy atom. The molecule has 1 heterocycles. The Hall–Kier alpha value is -2.96. The van der Waals surface area contributed by atoms with Crippen molar-refractivity contribution in [1.29, 1.82) is 5.26 Å². The van der Waals surface area contributed by atoms with Crippen LogP contribution in [-0.2, 0) is 27.6 Å². The molecule has 9 heteroatoms. The van der Waals surface area contributed by atoms with Crippen molar-refractivity contribution >= 4 is 15.7 Å². The number of benzene rings is 1. The lowest BCUT2D eigenvalue weighted by molar-refractivity contribution is -0.131. The predicted molar refractivity (Wildman–Crippen MR) is 108 cm³/mol. The molecule has 0 radical (unpaired) electrons. The number of hydrogen-bond donors (Lipinski definition) is 2. The fraction of sp³-hybridized carbons (Fsp3) is 0.350. The molecule has 1 aromatic heterocycles. The van der Waals surface area contributed by atoms with E-state index in [0.29, 0.717) is 18.4 Å². The van der Waals surface area contributed by atoms with Crippen LogP contribution in [0.15, 0.2) is 47.4 Å². The number of nitrogens with one attached hydrogen (secondary N) is 1. The number of rotatable bonds is 8. The van der Waals surface area contributed by atoms with Crippen LogP contribution in [0, 0.1) is 11.3 Å². The highest BCUT2D eigenvalue weighted by molar-refractivity contribution is 7.92. The Kier molecular flexibility index (Phi) is 6.95. The number of sulfone groups is 1.